The Morgan fingerprint density at radius 3 is 0.770 bits per heavy atom. The molecule has 27 rings (SSSR count). The average molecular weight is 1800 g/mol. The zero-order valence-electron chi connectivity index (χ0n) is 74.2. The third kappa shape index (κ3) is 13.6. The molecule has 1 aliphatic heterocycles. The Bertz CT molecular complexity index is 8680. The maximum atomic E-state index is 6.56. The van der Waals surface area contributed by atoms with Crippen molar-refractivity contribution in [2.24, 2.45) is 0 Å². The van der Waals surface area contributed by atoms with Gasteiger partial charge in [-0.1, -0.05) is 335 Å². The first-order valence-corrected chi connectivity index (χ1v) is 46.7. The lowest BCUT2D eigenvalue weighted by Gasteiger charge is -2.32. The van der Waals surface area contributed by atoms with E-state index in [0.717, 1.165) is 60.5 Å². The van der Waals surface area contributed by atoms with Gasteiger partial charge in [0.1, 0.15) is 0 Å². The first kappa shape index (κ1) is 82.1. The lowest BCUT2D eigenvalue weighted by atomic mass is 9.71. The lowest BCUT2D eigenvalue weighted by Crippen LogP contribution is -2.41. The molecule has 642 valence electrons. The molecule has 0 bridgehead atoms. The van der Waals surface area contributed by atoms with Crippen molar-refractivity contribution in [1.82, 2.24) is 28.2 Å². The minimum Gasteiger partial charge on any atom is -0.399 e. The number of nitrogens with zero attached hydrogens (tertiary/aromatic N) is 6. The minimum atomic E-state index is -0.425. The highest BCUT2D eigenvalue weighted by Gasteiger charge is 2.53. The van der Waals surface area contributed by atoms with E-state index in [4.69, 9.17) is 14.3 Å². The summed E-state index contributed by atoms with van der Waals surface area (Å²) in [6, 6.07) is 154. The van der Waals surface area contributed by atoms with Crippen LogP contribution < -0.4 is 5.46 Å². The van der Waals surface area contributed by atoms with E-state index in [-0.39, 0.29) is 7.43 Å². The summed E-state index contributed by atoms with van der Waals surface area (Å²) in [6.45, 7) is 8.45. The van der Waals surface area contributed by atoms with E-state index in [1.807, 2.05) is 24.8 Å². The first-order valence-electron chi connectivity index (χ1n) is 45.9. The highest BCUT2D eigenvalue weighted by atomic mass is 79.9. The highest BCUT2D eigenvalue weighted by molar-refractivity contribution is 9.10. The minimum absolute atomic E-state index is 0. The van der Waals surface area contributed by atoms with Crippen LogP contribution in [0.1, 0.15) is 35.1 Å². The van der Waals surface area contributed by atoms with Crippen LogP contribution in [-0.2, 0) is 9.31 Å². The van der Waals surface area contributed by atoms with E-state index >= 15 is 0 Å². The van der Waals surface area contributed by atoms with Gasteiger partial charge in [0.15, 0.2) is 0 Å². The Morgan fingerprint density at radius 1 is 0.222 bits per heavy atom. The summed E-state index contributed by atoms with van der Waals surface area (Å²) in [6.07, 6.45) is 7.83. The molecule has 1 saturated heterocycles. The van der Waals surface area contributed by atoms with Crippen LogP contribution in [0.3, 0.4) is 0 Å². The molecule has 0 spiro atoms. The van der Waals surface area contributed by atoms with Crippen LogP contribution in [0, 0.1) is 0 Å². The molecule has 0 N–H and O–H groups in total. The van der Waals surface area contributed by atoms with Gasteiger partial charge in [-0.25, -0.2) is 0 Å². The van der Waals surface area contributed by atoms with Crippen LogP contribution in [-0.4, -0.2) is 46.6 Å². The summed E-state index contributed by atoms with van der Waals surface area (Å²) in [5, 5.41) is 24.6. The van der Waals surface area contributed by atoms with Gasteiger partial charge in [0.25, 0.3) is 0 Å². The third-order valence-corrected chi connectivity index (χ3v) is 28.5. The van der Waals surface area contributed by atoms with Gasteiger partial charge in [-0.2, -0.15) is 0 Å². The van der Waals surface area contributed by atoms with E-state index < -0.39 is 18.3 Å². The topological polar surface area (TPSA) is 64.0 Å². The molecule has 8 nitrogen and oxygen atoms in total. The van der Waals surface area contributed by atoms with E-state index in [2.05, 4.69) is 492 Å². The number of para-hydroxylation sites is 8. The molecular weight excluding hydrogens is 1710 g/mol. The van der Waals surface area contributed by atoms with Crippen molar-refractivity contribution in [2.45, 2.75) is 46.3 Å². The predicted molar refractivity (Wildman–Crippen MR) is 575 cm³/mol. The molecule has 26 aromatic rings. The molecule has 0 aliphatic carbocycles. The van der Waals surface area contributed by atoms with Gasteiger partial charge in [0.05, 0.1) is 55.3 Å². The number of hydrogen-bond donors (Lipinski definition) is 0. The Morgan fingerprint density at radius 2 is 0.459 bits per heavy atom. The predicted octanol–water partition coefficient (Wildman–Crippen LogP) is 33.2. The Labute approximate surface area is 790 Å². The molecule has 135 heavy (non-hydrogen) atoms. The van der Waals surface area contributed by atoms with Crippen molar-refractivity contribution >= 4 is 180 Å². The third-order valence-electron chi connectivity index (χ3n) is 28.1. The quantitative estimate of drug-likeness (QED) is 0.101. The fourth-order valence-corrected chi connectivity index (χ4v) is 21.8. The summed E-state index contributed by atoms with van der Waals surface area (Å²) in [5.74, 6) is 0. The second-order valence-corrected chi connectivity index (χ2v) is 37.1. The molecule has 0 amide bonds. The number of aromatic nitrogens is 6. The molecule has 6 aromatic heterocycles. The van der Waals surface area contributed by atoms with E-state index in [1.54, 1.807) is 0 Å². The summed E-state index contributed by atoms with van der Waals surface area (Å²) in [5.41, 5.74) is 25.8. The van der Waals surface area contributed by atoms with Crippen molar-refractivity contribution < 1.29 is 9.31 Å². The number of fused-ring (bicyclic) bond motifs is 18. The highest BCUT2D eigenvalue weighted by Crippen LogP contribution is 2.49. The number of halogens is 1. The van der Waals surface area contributed by atoms with Gasteiger partial charge in [0, 0.05) is 112 Å². The largest absolute Gasteiger partial charge is 0.496 e. The van der Waals surface area contributed by atoms with Crippen LogP contribution in [0.5, 0.6) is 0 Å². The summed E-state index contributed by atoms with van der Waals surface area (Å²) < 4.78 is 23.7. The van der Waals surface area contributed by atoms with E-state index in [1.165, 1.54) is 180 Å². The number of benzene rings is 20. The smallest absolute Gasteiger partial charge is 0.399 e. The fourth-order valence-electron chi connectivity index (χ4n) is 21.4. The maximum absolute atomic E-state index is 6.56. The standard InChI is InChI=1S/C59H37N3.C35H22BrN3.C30H27BO2.CH4/c1-2-18-44-38(16-1)17-15-27-49(44)59-52-25-5-3-23-50(52)58(51-24-4-6-26-53(51)59)41-32-40(36-60-37-41)39-33-42(61-54-28-11-7-19-45(54)46-20-8-12-29-55(46)61)35-43(34-39)62-56-30-13-9-21-47(56)48-22-10-14-31-57(48)62;36-25-17-24(21-37-22-25)23-18-26(38-32-13-5-1-9-28(32)29-10-2-6-14-33(29)38)20-27(19-23)39-34-15-7-3-11-30(34)31-12-4-8-16-35(31)39;1-29(2)30(3,4)33-31(32-29)28-25-17-9-7-15-23(25)27(24-16-8-10-18-26(24)28)22-19-11-13-20-12-5-6-14-21(20)22;/h1-37H;1-22H;5-19H,1-4H3;1H4. The Kier molecular flexibility index (Phi) is 20.1. The van der Waals surface area contributed by atoms with Gasteiger partial charge >= 0.3 is 7.12 Å². The van der Waals surface area contributed by atoms with Crippen LogP contribution >= 0.6 is 15.9 Å². The Hall–Kier alpha value is -16.1. The zero-order valence-corrected chi connectivity index (χ0v) is 75.8. The van der Waals surface area contributed by atoms with E-state index in [0.29, 0.717) is 0 Å². The van der Waals surface area contributed by atoms with Crippen molar-refractivity contribution in [3.05, 3.63) is 454 Å². The van der Waals surface area contributed by atoms with Crippen molar-refractivity contribution in [1.29, 1.82) is 0 Å². The van der Waals surface area contributed by atoms with Crippen molar-refractivity contribution in [3.63, 3.8) is 0 Å². The summed E-state index contributed by atoms with van der Waals surface area (Å²) >= 11 is 3.63. The van der Waals surface area contributed by atoms with Crippen molar-refractivity contribution in [2.75, 3.05) is 0 Å². The maximum Gasteiger partial charge on any atom is 0.496 e. The molecule has 7 heterocycles. The normalized spacial score (nSPS) is 13.1. The second-order valence-electron chi connectivity index (χ2n) is 36.2. The molecule has 10 heteroatoms. The monoisotopic (exact) mass is 1800 g/mol. The van der Waals surface area contributed by atoms with Crippen LogP contribution in [0.25, 0.3) is 230 Å². The summed E-state index contributed by atoms with van der Waals surface area (Å²) in [7, 11) is -0.425. The van der Waals surface area contributed by atoms with Gasteiger partial charge in [-0.05, 0) is 250 Å². The molecular formula is C125H90BBrN6O2. The van der Waals surface area contributed by atoms with Gasteiger partial charge in [-0.3, -0.25) is 9.97 Å². The SMILES string of the molecule is Brc1cncc(-c2cc(-n3c4ccccc4c4ccccc43)cc(-n3c4ccccc4c4ccccc43)c2)c1.C.CC1(C)OB(c2c3ccccc3c(-c3cccc4ccccc34)c3ccccc23)OC1(C)C.c1ccc2c(-c3c4ccccc4c(-c4cncc(-c5cc(-n6c7ccccc7c7ccccc76)cc(-n6c7ccccc7c7ccccc76)c5)c4)c4ccccc34)cccc2c1. The van der Waals surface area contributed by atoms with Gasteiger partial charge in [0.2, 0.25) is 0 Å². The van der Waals surface area contributed by atoms with Gasteiger partial charge in [-0.15, -0.1) is 0 Å². The molecule has 1 aliphatic rings. The van der Waals surface area contributed by atoms with Gasteiger partial charge < -0.3 is 27.6 Å². The molecule has 1 fully saturated rings. The number of pyridine rings is 2. The molecule has 0 atom stereocenters. The molecule has 0 unspecified atom stereocenters. The van der Waals surface area contributed by atoms with Crippen LogP contribution in [0.15, 0.2) is 454 Å². The number of hydrogen-bond acceptors (Lipinski definition) is 4. The Balaban J connectivity index is 0.000000118. The molecule has 20 aromatic carbocycles. The first-order chi connectivity index (χ1) is 65.9. The lowest BCUT2D eigenvalue weighted by molar-refractivity contribution is 0.00578. The van der Waals surface area contributed by atoms with Crippen LogP contribution in [0.2, 0.25) is 0 Å². The average Bonchev–Trinajstić information content (AvgIpc) is 1.70. The van der Waals surface area contributed by atoms with E-state index in [9.17, 15) is 0 Å². The number of rotatable bonds is 10. The van der Waals surface area contributed by atoms with Crippen LogP contribution in [0.4, 0.5) is 0 Å². The summed E-state index contributed by atoms with van der Waals surface area (Å²) in [4.78, 5) is 9.53. The fraction of sp³-hybridized carbons (Fsp3) is 0.0560. The van der Waals surface area contributed by atoms with Crippen molar-refractivity contribution in [3.8, 4) is 78.4 Å². The molecule has 0 radical (unpaired) electrons. The molecule has 0 saturated carbocycles. The second kappa shape index (κ2) is 33.0. The zero-order chi connectivity index (χ0) is 89.4.